The summed E-state index contributed by atoms with van der Waals surface area (Å²) in [7, 11) is 0. The molecule has 0 radical (unpaired) electrons. The van der Waals surface area contributed by atoms with Crippen LogP contribution in [0.1, 0.15) is 31.7 Å². The Balaban J connectivity index is 2.62. The quantitative estimate of drug-likeness (QED) is 0.605. The second-order valence-electron chi connectivity index (χ2n) is 5.15. The van der Waals surface area contributed by atoms with Gasteiger partial charge >= 0.3 is 5.97 Å². The SMILES string of the molecule is CCCNC(=O)[C@H](CCC(=O)O)NC(=O)Cc1ccc(Br)cc1. The molecule has 0 aliphatic carbocycles. The Morgan fingerprint density at radius 2 is 1.87 bits per heavy atom. The number of hydrogen-bond donors (Lipinski definition) is 3. The van der Waals surface area contributed by atoms with Gasteiger partial charge < -0.3 is 15.7 Å². The average molecular weight is 385 g/mol. The van der Waals surface area contributed by atoms with E-state index in [1.807, 2.05) is 31.2 Å². The molecule has 23 heavy (non-hydrogen) atoms. The summed E-state index contributed by atoms with van der Waals surface area (Å²) in [6, 6.07) is 6.46. The molecule has 0 fully saturated rings. The number of carbonyl (C=O) groups excluding carboxylic acids is 2. The molecule has 0 spiro atoms. The van der Waals surface area contributed by atoms with Crippen LogP contribution in [0.3, 0.4) is 0 Å². The monoisotopic (exact) mass is 384 g/mol. The number of amides is 2. The van der Waals surface area contributed by atoms with Crippen molar-refractivity contribution in [3.05, 3.63) is 34.3 Å². The van der Waals surface area contributed by atoms with Crippen molar-refractivity contribution in [2.24, 2.45) is 0 Å². The van der Waals surface area contributed by atoms with Gasteiger partial charge in [-0.3, -0.25) is 14.4 Å². The second kappa shape index (κ2) is 9.99. The van der Waals surface area contributed by atoms with Gasteiger partial charge in [0.25, 0.3) is 0 Å². The Morgan fingerprint density at radius 3 is 2.43 bits per heavy atom. The molecule has 1 atom stereocenters. The normalized spacial score (nSPS) is 11.6. The summed E-state index contributed by atoms with van der Waals surface area (Å²) in [5, 5.41) is 14.1. The number of hydrogen-bond acceptors (Lipinski definition) is 3. The van der Waals surface area contributed by atoms with Gasteiger partial charge in [0, 0.05) is 17.4 Å². The molecule has 0 unspecified atom stereocenters. The predicted molar refractivity (Wildman–Crippen MR) is 89.9 cm³/mol. The summed E-state index contributed by atoms with van der Waals surface area (Å²) in [6.45, 7) is 2.41. The number of carboxylic acids is 1. The molecule has 2 amide bonds. The molecule has 1 aromatic rings. The van der Waals surface area contributed by atoms with Crippen molar-refractivity contribution in [1.29, 1.82) is 0 Å². The van der Waals surface area contributed by atoms with Crippen LogP contribution in [0, 0.1) is 0 Å². The van der Waals surface area contributed by atoms with Gasteiger partial charge in [0.1, 0.15) is 6.04 Å². The third kappa shape index (κ3) is 7.78. The Morgan fingerprint density at radius 1 is 1.22 bits per heavy atom. The number of rotatable bonds is 9. The Kier molecular flexibility index (Phi) is 8.32. The van der Waals surface area contributed by atoms with E-state index in [4.69, 9.17) is 5.11 Å². The summed E-state index contributed by atoms with van der Waals surface area (Å²) in [6.07, 6.45) is 0.794. The van der Waals surface area contributed by atoms with E-state index in [9.17, 15) is 14.4 Å². The molecule has 0 heterocycles. The molecule has 1 aromatic carbocycles. The van der Waals surface area contributed by atoms with Gasteiger partial charge in [-0.25, -0.2) is 0 Å². The molecule has 126 valence electrons. The molecule has 7 heteroatoms. The van der Waals surface area contributed by atoms with Crippen LogP contribution < -0.4 is 10.6 Å². The van der Waals surface area contributed by atoms with Gasteiger partial charge in [0.05, 0.1) is 6.42 Å². The highest BCUT2D eigenvalue weighted by Gasteiger charge is 2.21. The van der Waals surface area contributed by atoms with E-state index in [0.29, 0.717) is 6.54 Å². The van der Waals surface area contributed by atoms with E-state index in [-0.39, 0.29) is 31.1 Å². The van der Waals surface area contributed by atoms with Crippen molar-refractivity contribution in [1.82, 2.24) is 10.6 Å². The van der Waals surface area contributed by atoms with Crippen LogP contribution in [-0.2, 0) is 20.8 Å². The number of benzene rings is 1. The maximum absolute atomic E-state index is 12.1. The number of carbonyl (C=O) groups is 3. The van der Waals surface area contributed by atoms with Gasteiger partial charge in [-0.15, -0.1) is 0 Å². The zero-order valence-corrected chi connectivity index (χ0v) is 14.6. The van der Waals surface area contributed by atoms with E-state index in [1.165, 1.54) is 0 Å². The van der Waals surface area contributed by atoms with Gasteiger partial charge in [-0.1, -0.05) is 35.0 Å². The van der Waals surface area contributed by atoms with Crippen molar-refractivity contribution < 1.29 is 19.5 Å². The minimum Gasteiger partial charge on any atom is -0.481 e. The van der Waals surface area contributed by atoms with Gasteiger partial charge in [0.2, 0.25) is 11.8 Å². The van der Waals surface area contributed by atoms with E-state index in [1.54, 1.807) is 0 Å². The molecule has 0 saturated heterocycles. The second-order valence-corrected chi connectivity index (χ2v) is 6.06. The zero-order chi connectivity index (χ0) is 17.2. The van der Waals surface area contributed by atoms with Crippen molar-refractivity contribution in [2.75, 3.05) is 6.54 Å². The van der Waals surface area contributed by atoms with E-state index >= 15 is 0 Å². The fraction of sp³-hybridized carbons (Fsp3) is 0.438. The third-order valence-electron chi connectivity index (χ3n) is 3.13. The van der Waals surface area contributed by atoms with Crippen molar-refractivity contribution in [2.45, 2.75) is 38.6 Å². The lowest BCUT2D eigenvalue weighted by molar-refractivity contribution is -0.138. The van der Waals surface area contributed by atoms with Gasteiger partial charge in [-0.05, 0) is 30.5 Å². The zero-order valence-electron chi connectivity index (χ0n) is 13.0. The van der Waals surface area contributed by atoms with Crippen LogP contribution in [0.25, 0.3) is 0 Å². The topological polar surface area (TPSA) is 95.5 Å². The van der Waals surface area contributed by atoms with Crippen molar-refractivity contribution >= 4 is 33.7 Å². The molecule has 0 bridgehead atoms. The minimum atomic E-state index is -1.000. The summed E-state index contributed by atoms with van der Waals surface area (Å²) in [5.41, 5.74) is 0.816. The van der Waals surface area contributed by atoms with Crippen molar-refractivity contribution in [3.63, 3.8) is 0 Å². The molecule has 1 rings (SSSR count). The fourth-order valence-electron chi connectivity index (χ4n) is 1.94. The molecular weight excluding hydrogens is 364 g/mol. The first-order valence-electron chi connectivity index (χ1n) is 7.45. The van der Waals surface area contributed by atoms with Crippen molar-refractivity contribution in [3.8, 4) is 0 Å². The first-order valence-corrected chi connectivity index (χ1v) is 8.25. The van der Waals surface area contributed by atoms with Crippen LogP contribution >= 0.6 is 15.9 Å². The Bertz CT molecular complexity index is 546. The number of nitrogens with one attached hydrogen (secondary N) is 2. The molecule has 0 aromatic heterocycles. The highest BCUT2D eigenvalue weighted by Crippen LogP contribution is 2.11. The van der Waals surface area contributed by atoms with Crippen LogP contribution in [0.2, 0.25) is 0 Å². The third-order valence-corrected chi connectivity index (χ3v) is 3.65. The van der Waals surface area contributed by atoms with Crippen LogP contribution in [-0.4, -0.2) is 35.5 Å². The summed E-state index contributed by atoms with van der Waals surface area (Å²) >= 11 is 3.32. The fourth-order valence-corrected chi connectivity index (χ4v) is 2.21. The number of aliphatic carboxylic acids is 1. The molecular formula is C16H21BrN2O4. The molecule has 0 aliphatic heterocycles. The van der Waals surface area contributed by atoms with E-state index in [0.717, 1.165) is 16.5 Å². The summed E-state index contributed by atoms with van der Waals surface area (Å²) in [4.78, 5) is 34.8. The smallest absolute Gasteiger partial charge is 0.303 e. The molecule has 0 aliphatic rings. The van der Waals surface area contributed by atoms with E-state index < -0.39 is 12.0 Å². The van der Waals surface area contributed by atoms with E-state index in [2.05, 4.69) is 26.6 Å². The van der Waals surface area contributed by atoms with Crippen LogP contribution in [0.5, 0.6) is 0 Å². The number of carboxylic acid groups (broad SMARTS) is 1. The maximum atomic E-state index is 12.1. The van der Waals surface area contributed by atoms with Gasteiger partial charge in [-0.2, -0.15) is 0 Å². The first-order chi connectivity index (χ1) is 10.9. The summed E-state index contributed by atoms with van der Waals surface area (Å²) in [5.74, 6) is -1.66. The lowest BCUT2D eigenvalue weighted by Gasteiger charge is -2.17. The molecule has 6 nitrogen and oxygen atoms in total. The average Bonchev–Trinajstić information content (AvgIpc) is 2.51. The molecule has 3 N–H and O–H groups in total. The predicted octanol–water partition coefficient (Wildman–Crippen LogP) is 1.87. The minimum absolute atomic E-state index is 0.0664. The highest BCUT2D eigenvalue weighted by atomic mass is 79.9. The van der Waals surface area contributed by atoms with Gasteiger partial charge in [0.15, 0.2) is 0 Å². The summed E-state index contributed by atoms with van der Waals surface area (Å²) < 4.78 is 0.917. The maximum Gasteiger partial charge on any atom is 0.303 e. The lowest BCUT2D eigenvalue weighted by atomic mass is 10.1. The number of halogens is 1. The Hall–Kier alpha value is -1.89. The standard InChI is InChI=1S/C16H21BrN2O4/c1-2-9-18-16(23)13(7-8-15(21)22)19-14(20)10-11-3-5-12(17)6-4-11/h3-6,13H,2,7-10H2,1H3,(H,18,23)(H,19,20)(H,21,22)/t13-/m0/s1. The van der Waals surface area contributed by atoms with Crippen LogP contribution in [0.15, 0.2) is 28.7 Å². The molecule has 0 saturated carbocycles. The first kappa shape index (κ1) is 19.2. The largest absolute Gasteiger partial charge is 0.481 e. The lowest BCUT2D eigenvalue weighted by Crippen LogP contribution is -2.47. The van der Waals surface area contributed by atoms with Crippen LogP contribution in [0.4, 0.5) is 0 Å². The Labute approximate surface area is 143 Å². The highest BCUT2D eigenvalue weighted by molar-refractivity contribution is 9.10.